The highest BCUT2D eigenvalue weighted by molar-refractivity contribution is 5.89. The van der Waals surface area contributed by atoms with Gasteiger partial charge in [0.15, 0.2) is 11.4 Å². The van der Waals surface area contributed by atoms with Gasteiger partial charge in [0, 0.05) is 12.3 Å². The van der Waals surface area contributed by atoms with E-state index in [4.69, 9.17) is 4.74 Å². The quantitative estimate of drug-likeness (QED) is 0.476. The molecule has 0 saturated heterocycles. The summed E-state index contributed by atoms with van der Waals surface area (Å²) in [4.78, 5) is 24.7. The maximum absolute atomic E-state index is 12.8. The smallest absolute Gasteiger partial charge is 0.303 e. The van der Waals surface area contributed by atoms with Crippen LogP contribution in [0.5, 0.6) is 0 Å². The van der Waals surface area contributed by atoms with E-state index in [0.717, 1.165) is 25.2 Å². The van der Waals surface area contributed by atoms with Crippen LogP contribution in [-0.2, 0) is 14.3 Å². The molecule has 3 fully saturated rings. The lowest BCUT2D eigenvalue weighted by Gasteiger charge is -2.60. The summed E-state index contributed by atoms with van der Waals surface area (Å²) in [7, 11) is 0. The lowest BCUT2D eigenvalue weighted by Crippen LogP contribution is -2.59. The van der Waals surface area contributed by atoms with E-state index in [2.05, 4.69) is 26.8 Å². The van der Waals surface area contributed by atoms with Crippen LogP contribution < -0.4 is 0 Å². The van der Waals surface area contributed by atoms with Gasteiger partial charge in [-0.15, -0.1) is 0 Å². The molecule has 0 aliphatic heterocycles. The standard InChI is InChI=1S/C24H36O3/c1-15-14-18-20(22(4)11-7-6-8-19(15)22)9-12-23(5)21(18)10-13-24(23,16(2)25)27-17(3)26/h8,15,18,20-21H,6-7,9-14H2,1-5H3/t15-,18+,20-,21+,22-,23-,24-/m0/s1. The Bertz CT molecular complexity index is 694. The van der Waals surface area contributed by atoms with Gasteiger partial charge in [0.2, 0.25) is 0 Å². The maximum Gasteiger partial charge on any atom is 0.303 e. The fourth-order valence-electron chi connectivity index (χ4n) is 8.27. The number of hydrogen-bond acceptors (Lipinski definition) is 3. The summed E-state index contributed by atoms with van der Waals surface area (Å²) in [6.07, 6.45) is 11.5. The molecule has 0 aromatic heterocycles. The number of ether oxygens (including phenoxy) is 1. The van der Waals surface area contributed by atoms with Gasteiger partial charge >= 0.3 is 5.97 Å². The first-order chi connectivity index (χ1) is 12.7. The normalized spacial score (nSPS) is 48.7. The SMILES string of the molecule is CC(=O)O[C@]1(C(C)=O)CC[C@@H]2[C@@H]3C[C@H](C)C4=CCCC[C@]4(C)[C@H]3CC[C@@]21C. The van der Waals surface area contributed by atoms with Crippen molar-refractivity contribution >= 4 is 11.8 Å². The summed E-state index contributed by atoms with van der Waals surface area (Å²) < 4.78 is 5.87. The van der Waals surface area contributed by atoms with E-state index >= 15 is 0 Å². The minimum absolute atomic E-state index is 0.0504. The molecule has 0 bridgehead atoms. The first-order valence-electron chi connectivity index (χ1n) is 11.1. The minimum atomic E-state index is -0.901. The molecule has 0 unspecified atom stereocenters. The Morgan fingerprint density at radius 1 is 1.07 bits per heavy atom. The Labute approximate surface area is 164 Å². The number of esters is 1. The van der Waals surface area contributed by atoms with E-state index in [1.807, 2.05) is 0 Å². The first-order valence-corrected chi connectivity index (χ1v) is 11.1. The van der Waals surface area contributed by atoms with Crippen molar-refractivity contribution < 1.29 is 14.3 Å². The van der Waals surface area contributed by atoms with Gasteiger partial charge in [-0.1, -0.05) is 32.4 Å². The van der Waals surface area contributed by atoms with Crippen LogP contribution >= 0.6 is 0 Å². The van der Waals surface area contributed by atoms with Crippen LogP contribution in [0.25, 0.3) is 0 Å². The highest BCUT2D eigenvalue weighted by Crippen LogP contribution is 2.69. The monoisotopic (exact) mass is 372 g/mol. The van der Waals surface area contributed by atoms with Gasteiger partial charge in [0.05, 0.1) is 0 Å². The van der Waals surface area contributed by atoms with Crippen molar-refractivity contribution in [1.29, 1.82) is 0 Å². The third-order valence-corrected chi connectivity index (χ3v) is 9.34. The van der Waals surface area contributed by atoms with Gasteiger partial charge in [-0.05, 0) is 87.4 Å². The molecule has 0 aromatic carbocycles. The van der Waals surface area contributed by atoms with Crippen LogP contribution in [0, 0.1) is 34.5 Å². The summed E-state index contributed by atoms with van der Waals surface area (Å²) >= 11 is 0. The number of rotatable bonds is 2. The average molecular weight is 373 g/mol. The van der Waals surface area contributed by atoms with E-state index in [1.165, 1.54) is 32.6 Å². The summed E-state index contributed by atoms with van der Waals surface area (Å²) in [5.41, 5.74) is 0.943. The van der Waals surface area contributed by atoms with Gasteiger partial charge in [-0.3, -0.25) is 9.59 Å². The zero-order chi connectivity index (χ0) is 19.6. The highest BCUT2D eigenvalue weighted by atomic mass is 16.6. The Morgan fingerprint density at radius 3 is 2.44 bits per heavy atom. The lowest BCUT2D eigenvalue weighted by atomic mass is 9.45. The van der Waals surface area contributed by atoms with Crippen LogP contribution in [0.15, 0.2) is 11.6 Å². The number of hydrogen-bond donors (Lipinski definition) is 0. The Morgan fingerprint density at radius 2 is 1.78 bits per heavy atom. The molecule has 0 amide bonds. The Kier molecular flexibility index (Phi) is 4.40. The van der Waals surface area contributed by atoms with Crippen molar-refractivity contribution in [2.75, 3.05) is 0 Å². The second-order valence-electron chi connectivity index (χ2n) is 10.5. The molecule has 0 spiro atoms. The van der Waals surface area contributed by atoms with E-state index < -0.39 is 5.60 Å². The number of carbonyl (C=O) groups excluding carboxylic acids is 2. The number of carbonyl (C=O) groups is 2. The second-order valence-corrected chi connectivity index (χ2v) is 10.5. The third kappa shape index (κ3) is 2.45. The van der Waals surface area contributed by atoms with Gasteiger partial charge in [0.25, 0.3) is 0 Å². The molecule has 3 saturated carbocycles. The average Bonchev–Trinajstić information content (AvgIpc) is 2.88. The maximum atomic E-state index is 12.8. The predicted molar refractivity (Wildman–Crippen MR) is 106 cm³/mol. The molecule has 3 nitrogen and oxygen atoms in total. The van der Waals surface area contributed by atoms with Crippen molar-refractivity contribution in [1.82, 2.24) is 0 Å². The van der Waals surface area contributed by atoms with Crippen LogP contribution in [-0.4, -0.2) is 17.4 Å². The van der Waals surface area contributed by atoms with Crippen LogP contribution in [0.1, 0.15) is 86.0 Å². The first kappa shape index (κ1) is 19.2. The lowest BCUT2D eigenvalue weighted by molar-refractivity contribution is -0.187. The zero-order valence-corrected chi connectivity index (χ0v) is 17.8. The molecule has 0 N–H and O–H groups in total. The molecule has 27 heavy (non-hydrogen) atoms. The molecular formula is C24H36O3. The number of allylic oxidation sites excluding steroid dienone is 2. The van der Waals surface area contributed by atoms with E-state index in [-0.39, 0.29) is 17.2 Å². The second kappa shape index (κ2) is 6.19. The van der Waals surface area contributed by atoms with E-state index in [9.17, 15) is 9.59 Å². The topological polar surface area (TPSA) is 43.4 Å². The summed E-state index contributed by atoms with van der Waals surface area (Å²) in [6.45, 7) is 10.3. The molecule has 4 aliphatic rings. The molecule has 7 atom stereocenters. The molecule has 3 heteroatoms. The molecule has 0 radical (unpaired) electrons. The molecule has 0 heterocycles. The van der Waals surface area contributed by atoms with Crippen molar-refractivity contribution in [3.8, 4) is 0 Å². The van der Waals surface area contributed by atoms with Gasteiger partial charge in [-0.2, -0.15) is 0 Å². The van der Waals surface area contributed by atoms with Crippen molar-refractivity contribution in [2.45, 2.75) is 91.6 Å². The molecule has 0 aromatic rings. The molecule has 4 aliphatic carbocycles. The summed E-state index contributed by atoms with van der Waals surface area (Å²) in [5, 5.41) is 0. The predicted octanol–water partition coefficient (Wildman–Crippen LogP) is 5.48. The molecular weight excluding hydrogens is 336 g/mol. The van der Waals surface area contributed by atoms with Gasteiger partial charge < -0.3 is 4.74 Å². The fourth-order valence-corrected chi connectivity index (χ4v) is 8.27. The zero-order valence-electron chi connectivity index (χ0n) is 17.8. The Balaban J connectivity index is 1.73. The third-order valence-electron chi connectivity index (χ3n) is 9.34. The molecule has 4 rings (SSSR count). The van der Waals surface area contributed by atoms with Crippen LogP contribution in [0.4, 0.5) is 0 Å². The van der Waals surface area contributed by atoms with Crippen molar-refractivity contribution in [2.24, 2.45) is 34.5 Å². The van der Waals surface area contributed by atoms with Gasteiger partial charge in [-0.25, -0.2) is 0 Å². The largest absolute Gasteiger partial charge is 0.451 e. The fraction of sp³-hybridized carbons (Fsp3) is 0.833. The minimum Gasteiger partial charge on any atom is -0.451 e. The number of Topliss-reactive ketones (excluding diaryl/α,β-unsaturated/α-hetero) is 1. The van der Waals surface area contributed by atoms with Crippen molar-refractivity contribution in [3.05, 3.63) is 11.6 Å². The van der Waals surface area contributed by atoms with Crippen LogP contribution in [0.2, 0.25) is 0 Å². The number of ketones is 1. The van der Waals surface area contributed by atoms with E-state index in [1.54, 1.807) is 12.5 Å². The van der Waals surface area contributed by atoms with Crippen LogP contribution in [0.3, 0.4) is 0 Å². The van der Waals surface area contributed by atoms with Gasteiger partial charge in [0.1, 0.15) is 0 Å². The van der Waals surface area contributed by atoms with E-state index in [0.29, 0.717) is 29.6 Å². The highest BCUT2D eigenvalue weighted by Gasteiger charge is 2.68. The number of fused-ring (bicyclic) bond motifs is 5. The van der Waals surface area contributed by atoms with Crippen molar-refractivity contribution in [3.63, 3.8) is 0 Å². The Hall–Kier alpha value is -1.12. The summed E-state index contributed by atoms with van der Waals surface area (Å²) in [6, 6.07) is 0. The molecule has 150 valence electrons. The summed E-state index contributed by atoms with van der Waals surface area (Å²) in [5.74, 6) is 2.24.